The molecule has 0 aliphatic carbocycles. The summed E-state index contributed by atoms with van der Waals surface area (Å²) in [4.78, 5) is 6.10. The van der Waals surface area contributed by atoms with Gasteiger partial charge in [-0.25, -0.2) is 5.84 Å². The molecule has 6 nitrogen and oxygen atoms in total. The van der Waals surface area contributed by atoms with Crippen LogP contribution < -0.4 is 16.9 Å². The summed E-state index contributed by atoms with van der Waals surface area (Å²) in [6.07, 6.45) is -4.64. The average Bonchev–Trinajstić information content (AvgIpc) is 2.20. The Morgan fingerprint density at radius 3 is 2.38 bits per heavy atom. The van der Waals surface area contributed by atoms with Crippen LogP contribution in [0, 0.1) is 0 Å². The maximum Gasteiger partial charge on any atom is 0.451 e. The monoisotopic (exact) mass is 240 g/mol. The highest BCUT2D eigenvalue weighted by Crippen LogP contribution is 2.17. The van der Waals surface area contributed by atoms with Gasteiger partial charge >= 0.3 is 6.18 Å². The Hall–Kier alpha value is -1.35. The van der Waals surface area contributed by atoms with E-state index in [1.165, 1.54) is 0 Å². The molecule has 0 fully saturated rings. The minimum Gasteiger partial charge on any atom is -0.368 e. The highest BCUT2D eigenvalue weighted by Gasteiger charge is 2.36. The molecule has 9 heteroatoms. The number of hydrogen-bond donors (Lipinski definition) is 3. The van der Waals surface area contributed by atoms with Gasteiger partial charge in [-0.1, -0.05) is 0 Å². The molecule has 0 spiro atoms. The van der Waals surface area contributed by atoms with Crippen molar-refractivity contribution < 1.29 is 13.2 Å². The van der Waals surface area contributed by atoms with E-state index in [4.69, 9.17) is 11.6 Å². The average molecular weight is 240 g/mol. The van der Waals surface area contributed by atoms with Crippen molar-refractivity contribution in [2.24, 2.45) is 21.6 Å². The summed E-state index contributed by atoms with van der Waals surface area (Å²) in [5.74, 6) is 3.61. The molecule has 94 valence electrons. The summed E-state index contributed by atoms with van der Waals surface area (Å²) in [5, 5.41) is 3.68. The summed E-state index contributed by atoms with van der Waals surface area (Å²) in [7, 11) is 2.66. The summed E-state index contributed by atoms with van der Waals surface area (Å²) in [6.45, 7) is 0.706. The zero-order valence-corrected chi connectivity index (χ0v) is 9.04. The van der Waals surface area contributed by atoms with Crippen LogP contribution >= 0.6 is 0 Å². The molecular weight excluding hydrogens is 225 g/mol. The van der Waals surface area contributed by atoms with Gasteiger partial charge < -0.3 is 11.1 Å². The Kier molecular flexibility index (Phi) is 5.75. The molecule has 0 atom stereocenters. The van der Waals surface area contributed by atoms with Crippen molar-refractivity contribution in [2.75, 3.05) is 27.2 Å². The summed E-state index contributed by atoms with van der Waals surface area (Å²) in [6, 6.07) is 0. The lowest BCUT2D eigenvalue weighted by atomic mass is 10.5. The van der Waals surface area contributed by atoms with Gasteiger partial charge in [0.2, 0.25) is 11.8 Å². The number of guanidine groups is 1. The molecule has 16 heavy (non-hydrogen) atoms. The van der Waals surface area contributed by atoms with E-state index < -0.39 is 18.0 Å². The second kappa shape index (κ2) is 6.28. The Balaban J connectivity index is 4.62. The fourth-order valence-electron chi connectivity index (χ4n) is 0.760. The van der Waals surface area contributed by atoms with Gasteiger partial charge in [0.05, 0.1) is 0 Å². The highest BCUT2D eigenvalue weighted by atomic mass is 19.4. The third-order valence-corrected chi connectivity index (χ3v) is 1.58. The number of alkyl halides is 3. The van der Waals surface area contributed by atoms with Gasteiger partial charge in [0.15, 0.2) is 0 Å². The van der Waals surface area contributed by atoms with Gasteiger partial charge in [-0.05, 0) is 7.05 Å². The molecule has 0 saturated heterocycles. The van der Waals surface area contributed by atoms with Crippen LogP contribution in [-0.4, -0.2) is 50.2 Å². The second-order valence-electron chi connectivity index (χ2n) is 2.81. The van der Waals surface area contributed by atoms with Crippen molar-refractivity contribution in [2.45, 2.75) is 6.18 Å². The maximum atomic E-state index is 12.2. The summed E-state index contributed by atoms with van der Waals surface area (Å²) < 4.78 is 36.7. The Morgan fingerprint density at radius 2 is 2.00 bits per heavy atom. The molecule has 0 rings (SSSR count). The first-order valence-electron chi connectivity index (χ1n) is 4.38. The first kappa shape index (κ1) is 14.6. The van der Waals surface area contributed by atoms with Crippen LogP contribution in [0.1, 0.15) is 0 Å². The van der Waals surface area contributed by atoms with Crippen LogP contribution in [0.5, 0.6) is 0 Å². The standard InChI is InChI=1S/C7H15F3N6/c1-13-3-4-16(12)6(11)15-5(14-2)7(8,9)10/h13H,3-4,12H2,1-2H3,(H2,11,14,15). The van der Waals surface area contributed by atoms with Crippen molar-refractivity contribution in [1.82, 2.24) is 10.3 Å². The normalized spacial score (nSPS) is 14.1. The molecule has 0 bridgehead atoms. The van der Waals surface area contributed by atoms with E-state index in [0.29, 0.717) is 6.54 Å². The van der Waals surface area contributed by atoms with Crippen molar-refractivity contribution in [3.05, 3.63) is 0 Å². The van der Waals surface area contributed by atoms with E-state index in [-0.39, 0.29) is 6.54 Å². The predicted octanol–water partition coefficient (Wildman–Crippen LogP) is -0.713. The fourth-order valence-corrected chi connectivity index (χ4v) is 0.760. The van der Waals surface area contributed by atoms with Crippen LogP contribution in [0.2, 0.25) is 0 Å². The molecule has 0 aliphatic rings. The molecular formula is C7H15F3N6. The van der Waals surface area contributed by atoms with Gasteiger partial charge in [-0.2, -0.15) is 18.2 Å². The quantitative estimate of drug-likeness (QED) is 0.263. The number of hydrogen-bond acceptors (Lipinski definition) is 3. The number of nitrogens with zero attached hydrogens (tertiary/aromatic N) is 3. The Morgan fingerprint density at radius 1 is 1.44 bits per heavy atom. The molecule has 0 aromatic carbocycles. The van der Waals surface area contributed by atoms with Gasteiger partial charge in [-0.3, -0.25) is 10.0 Å². The van der Waals surface area contributed by atoms with Crippen LogP contribution in [0.15, 0.2) is 9.98 Å². The molecule has 0 amide bonds. The SMILES string of the molecule is CN=C(N=C(N)N(N)CCNC)C(F)(F)F. The first-order valence-corrected chi connectivity index (χ1v) is 4.38. The number of likely N-dealkylation sites (N-methyl/N-ethyl adjacent to an activating group) is 1. The van der Waals surface area contributed by atoms with E-state index in [1.807, 2.05) is 0 Å². The molecule has 0 aromatic heterocycles. The van der Waals surface area contributed by atoms with Gasteiger partial charge in [-0.15, -0.1) is 0 Å². The van der Waals surface area contributed by atoms with Gasteiger partial charge in [0.25, 0.3) is 0 Å². The highest BCUT2D eigenvalue weighted by molar-refractivity contribution is 5.98. The molecule has 0 radical (unpaired) electrons. The van der Waals surface area contributed by atoms with Gasteiger partial charge in [0, 0.05) is 20.1 Å². The van der Waals surface area contributed by atoms with E-state index in [9.17, 15) is 13.2 Å². The smallest absolute Gasteiger partial charge is 0.368 e. The zero-order valence-electron chi connectivity index (χ0n) is 9.04. The summed E-state index contributed by atoms with van der Waals surface area (Å²) in [5.41, 5.74) is 5.27. The van der Waals surface area contributed by atoms with Gasteiger partial charge in [0.1, 0.15) is 0 Å². The Bertz CT molecular complexity index is 272. The molecule has 0 saturated carbocycles. The minimum atomic E-state index is -4.64. The summed E-state index contributed by atoms with van der Waals surface area (Å²) >= 11 is 0. The minimum absolute atomic E-state index is 0.237. The maximum absolute atomic E-state index is 12.2. The molecule has 0 unspecified atom stereocenters. The molecule has 0 aliphatic heterocycles. The third kappa shape index (κ3) is 4.94. The largest absolute Gasteiger partial charge is 0.451 e. The first-order chi connectivity index (χ1) is 7.32. The lowest BCUT2D eigenvalue weighted by Gasteiger charge is -2.17. The third-order valence-electron chi connectivity index (χ3n) is 1.58. The second-order valence-corrected chi connectivity index (χ2v) is 2.81. The number of amidine groups is 1. The van der Waals surface area contributed by atoms with Crippen LogP contribution in [0.25, 0.3) is 0 Å². The van der Waals surface area contributed by atoms with Crippen molar-refractivity contribution in [1.29, 1.82) is 0 Å². The number of rotatable bonds is 3. The van der Waals surface area contributed by atoms with E-state index >= 15 is 0 Å². The predicted molar refractivity (Wildman–Crippen MR) is 55.9 cm³/mol. The van der Waals surface area contributed by atoms with Crippen molar-refractivity contribution in [3.8, 4) is 0 Å². The topological polar surface area (TPSA) is 92.0 Å². The number of halogens is 3. The number of hydrazine groups is 1. The molecule has 0 aromatic rings. The van der Waals surface area contributed by atoms with E-state index in [2.05, 4.69) is 15.3 Å². The molecule has 0 heterocycles. The fraction of sp³-hybridized carbons (Fsp3) is 0.714. The van der Waals surface area contributed by atoms with Crippen LogP contribution in [0.3, 0.4) is 0 Å². The van der Waals surface area contributed by atoms with Crippen molar-refractivity contribution >= 4 is 11.8 Å². The van der Waals surface area contributed by atoms with Crippen molar-refractivity contribution in [3.63, 3.8) is 0 Å². The van der Waals surface area contributed by atoms with Crippen LogP contribution in [0.4, 0.5) is 13.2 Å². The lowest BCUT2D eigenvalue weighted by molar-refractivity contribution is -0.0598. The van der Waals surface area contributed by atoms with E-state index in [1.54, 1.807) is 7.05 Å². The lowest BCUT2D eigenvalue weighted by Crippen LogP contribution is -2.46. The zero-order chi connectivity index (χ0) is 12.8. The number of nitrogens with two attached hydrogens (primary N) is 2. The molecule has 5 N–H and O–H groups in total. The Labute approximate surface area is 91.2 Å². The van der Waals surface area contributed by atoms with Crippen LogP contribution in [-0.2, 0) is 0 Å². The number of nitrogens with one attached hydrogen (secondary N) is 1. The van der Waals surface area contributed by atoms with E-state index in [0.717, 1.165) is 12.1 Å². The number of aliphatic imine (C=N–C) groups is 2.